The molecule has 106 valence electrons. The number of sulfonamides is 1. The number of benzene rings is 2. The van der Waals surface area contributed by atoms with Gasteiger partial charge in [0.1, 0.15) is 0 Å². The number of halogens is 1. The fourth-order valence-electron chi connectivity index (χ4n) is 1.94. The summed E-state index contributed by atoms with van der Waals surface area (Å²) in [6.07, 6.45) is 0. The summed E-state index contributed by atoms with van der Waals surface area (Å²) in [6, 6.07) is 14.2. The minimum Gasteiger partial charge on any atom is -0.267 e. The summed E-state index contributed by atoms with van der Waals surface area (Å²) in [6.45, 7) is 4.20. The van der Waals surface area contributed by atoms with Crippen molar-refractivity contribution in [3.63, 3.8) is 0 Å². The molecule has 2 aromatic carbocycles. The molecule has 5 heteroatoms. The Morgan fingerprint density at radius 2 is 1.55 bits per heavy atom. The molecule has 0 atom stereocenters. The van der Waals surface area contributed by atoms with E-state index >= 15 is 0 Å². The van der Waals surface area contributed by atoms with Crippen molar-refractivity contribution in [1.29, 1.82) is 0 Å². The third kappa shape index (κ3) is 3.04. The molecule has 0 saturated heterocycles. The minimum atomic E-state index is -3.52. The summed E-state index contributed by atoms with van der Waals surface area (Å²) < 4.78 is 27.6. The van der Waals surface area contributed by atoms with Crippen molar-refractivity contribution in [3.05, 3.63) is 58.6 Å². The summed E-state index contributed by atoms with van der Waals surface area (Å²) >= 11 is 3.31. The second kappa shape index (κ2) is 5.97. The Morgan fingerprint density at radius 3 is 2.05 bits per heavy atom. The third-order valence-electron chi connectivity index (χ3n) is 3.01. The number of hydrogen-bond acceptors (Lipinski definition) is 2. The molecule has 2 aromatic rings. The lowest BCUT2D eigenvalue weighted by Gasteiger charge is -2.23. The number of hydrogen-bond donors (Lipinski definition) is 0. The molecular weight excluding hydrogens is 338 g/mol. The average Bonchev–Trinajstić information content (AvgIpc) is 2.42. The van der Waals surface area contributed by atoms with Gasteiger partial charge in [0, 0.05) is 11.0 Å². The number of nitrogens with zero attached hydrogens (tertiary/aromatic N) is 1. The lowest BCUT2D eigenvalue weighted by molar-refractivity contribution is 0.592. The number of aryl methyl sites for hydroxylation is 1. The Bertz CT molecular complexity index is 679. The Hall–Kier alpha value is -1.33. The fourth-order valence-corrected chi connectivity index (χ4v) is 3.67. The standard InChI is InChI=1S/C15H16BrNO2S/c1-3-17(14-8-4-12(2)5-9-14)20(18,19)15-10-6-13(16)7-11-15/h4-11H,3H2,1-2H3. The van der Waals surface area contributed by atoms with Gasteiger partial charge in [-0.3, -0.25) is 4.31 Å². The van der Waals surface area contributed by atoms with Crippen LogP contribution in [0.25, 0.3) is 0 Å². The quantitative estimate of drug-likeness (QED) is 0.833. The van der Waals surface area contributed by atoms with Crippen molar-refractivity contribution in [1.82, 2.24) is 0 Å². The van der Waals surface area contributed by atoms with Crippen LogP contribution in [0.3, 0.4) is 0 Å². The minimum absolute atomic E-state index is 0.295. The maximum atomic E-state index is 12.7. The van der Waals surface area contributed by atoms with Crippen molar-refractivity contribution < 1.29 is 8.42 Å². The molecule has 0 spiro atoms. The van der Waals surface area contributed by atoms with Gasteiger partial charge in [0.15, 0.2) is 0 Å². The normalized spacial score (nSPS) is 11.3. The van der Waals surface area contributed by atoms with Crippen LogP contribution in [-0.2, 0) is 10.0 Å². The highest BCUT2D eigenvalue weighted by Crippen LogP contribution is 2.24. The van der Waals surface area contributed by atoms with Crippen molar-refractivity contribution in [3.8, 4) is 0 Å². The van der Waals surface area contributed by atoms with E-state index in [4.69, 9.17) is 0 Å². The lowest BCUT2D eigenvalue weighted by Crippen LogP contribution is -2.30. The number of rotatable bonds is 4. The van der Waals surface area contributed by atoms with Crippen molar-refractivity contribution in [2.75, 3.05) is 10.8 Å². The summed E-state index contributed by atoms with van der Waals surface area (Å²) in [5.74, 6) is 0. The summed E-state index contributed by atoms with van der Waals surface area (Å²) in [7, 11) is -3.52. The first-order valence-electron chi connectivity index (χ1n) is 6.30. The molecular formula is C15H16BrNO2S. The first-order chi connectivity index (χ1) is 9.45. The van der Waals surface area contributed by atoms with Crippen molar-refractivity contribution >= 4 is 31.6 Å². The second-order valence-corrected chi connectivity index (χ2v) is 7.24. The predicted octanol–water partition coefficient (Wildman–Crippen LogP) is 3.97. The van der Waals surface area contributed by atoms with E-state index in [1.807, 2.05) is 38.1 Å². The predicted molar refractivity (Wildman–Crippen MR) is 85.5 cm³/mol. The van der Waals surface area contributed by atoms with Gasteiger partial charge in [-0.25, -0.2) is 8.42 Å². The maximum Gasteiger partial charge on any atom is 0.264 e. The molecule has 0 N–H and O–H groups in total. The Labute approximate surface area is 128 Å². The van der Waals surface area contributed by atoms with Gasteiger partial charge in [0.05, 0.1) is 10.6 Å². The molecule has 20 heavy (non-hydrogen) atoms. The molecule has 0 saturated carbocycles. The van der Waals surface area contributed by atoms with Crippen molar-refractivity contribution in [2.45, 2.75) is 18.7 Å². The van der Waals surface area contributed by atoms with E-state index in [2.05, 4.69) is 15.9 Å². The Kier molecular flexibility index (Phi) is 4.50. The van der Waals surface area contributed by atoms with Gasteiger partial charge in [-0.1, -0.05) is 33.6 Å². The smallest absolute Gasteiger partial charge is 0.264 e. The molecule has 0 radical (unpaired) electrons. The van der Waals surface area contributed by atoms with Gasteiger partial charge >= 0.3 is 0 Å². The van der Waals surface area contributed by atoms with Crippen molar-refractivity contribution in [2.24, 2.45) is 0 Å². The largest absolute Gasteiger partial charge is 0.267 e. The molecule has 0 unspecified atom stereocenters. The van der Waals surface area contributed by atoms with Crippen LogP contribution in [0.4, 0.5) is 5.69 Å². The van der Waals surface area contributed by atoms with Crippen LogP contribution in [-0.4, -0.2) is 15.0 Å². The van der Waals surface area contributed by atoms with Gasteiger partial charge in [0.25, 0.3) is 10.0 Å². The molecule has 0 aliphatic rings. The monoisotopic (exact) mass is 353 g/mol. The van der Waals surface area contributed by atoms with Crippen LogP contribution in [0, 0.1) is 6.92 Å². The van der Waals surface area contributed by atoms with Crippen LogP contribution in [0.1, 0.15) is 12.5 Å². The van der Waals surface area contributed by atoms with Crippen LogP contribution in [0.2, 0.25) is 0 Å². The van der Waals surface area contributed by atoms with Crippen LogP contribution < -0.4 is 4.31 Å². The zero-order valence-electron chi connectivity index (χ0n) is 11.4. The Balaban J connectivity index is 2.44. The molecule has 0 heterocycles. The molecule has 0 fully saturated rings. The Morgan fingerprint density at radius 1 is 1.00 bits per heavy atom. The van der Waals surface area contributed by atoms with Gasteiger partial charge < -0.3 is 0 Å². The number of anilines is 1. The highest BCUT2D eigenvalue weighted by Gasteiger charge is 2.23. The first kappa shape index (κ1) is 15.1. The molecule has 0 aliphatic carbocycles. The molecule has 0 aromatic heterocycles. The zero-order valence-corrected chi connectivity index (χ0v) is 13.8. The van der Waals surface area contributed by atoms with E-state index in [1.165, 1.54) is 4.31 Å². The van der Waals surface area contributed by atoms with E-state index in [1.54, 1.807) is 24.3 Å². The molecule has 0 amide bonds. The molecule has 0 aliphatic heterocycles. The second-order valence-electron chi connectivity index (χ2n) is 4.46. The topological polar surface area (TPSA) is 37.4 Å². The van der Waals surface area contributed by atoms with Gasteiger partial charge in [-0.15, -0.1) is 0 Å². The van der Waals surface area contributed by atoms with E-state index in [-0.39, 0.29) is 0 Å². The summed E-state index contributed by atoms with van der Waals surface area (Å²) in [5.41, 5.74) is 1.78. The fraction of sp³-hybridized carbons (Fsp3) is 0.200. The molecule has 0 bridgehead atoms. The molecule has 3 nitrogen and oxygen atoms in total. The van der Waals surface area contributed by atoms with Crippen LogP contribution >= 0.6 is 15.9 Å². The third-order valence-corrected chi connectivity index (χ3v) is 5.46. The summed E-state index contributed by atoms with van der Waals surface area (Å²) in [5, 5.41) is 0. The van der Waals surface area contributed by atoms with E-state index in [0.29, 0.717) is 17.1 Å². The lowest BCUT2D eigenvalue weighted by atomic mass is 10.2. The highest BCUT2D eigenvalue weighted by atomic mass is 79.9. The molecule has 2 rings (SSSR count). The maximum absolute atomic E-state index is 12.7. The van der Waals surface area contributed by atoms with Crippen LogP contribution in [0.5, 0.6) is 0 Å². The van der Waals surface area contributed by atoms with Gasteiger partial charge in [0.2, 0.25) is 0 Å². The first-order valence-corrected chi connectivity index (χ1v) is 8.53. The van der Waals surface area contributed by atoms with E-state index in [9.17, 15) is 8.42 Å². The highest BCUT2D eigenvalue weighted by molar-refractivity contribution is 9.10. The van der Waals surface area contributed by atoms with Gasteiger partial charge in [-0.05, 0) is 50.2 Å². The van der Waals surface area contributed by atoms with E-state index in [0.717, 1.165) is 10.0 Å². The van der Waals surface area contributed by atoms with Gasteiger partial charge in [-0.2, -0.15) is 0 Å². The average molecular weight is 354 g/mol. The van der Waals surface area contributed by atoms with E-state index < -0.39 is 10.0 Å². The summed E-state index contributed by atoms with van der Waals surface area (Å²) in [4.78, 5) is 0.295. The van der Waals surface area contributed by atoms with Crippen LogP contribution in [0.15, 0.2) is 57.9 Å². The zero-order chi connectivity index (χ0) is 14.8. The SMILES string of the molecule is CCN(c1ccc(C)cc1)S(=O)(=O)c1ccc(Br)cc1.